The number of carbonyl (C=O) groups excluding carboxylic acids is 2. The van der Waals surface area contributed by atoms with E-state index in [1.54, 1.807) is 43.3 Å². The molecule has 2 aromatic carbocycles. The molecule has 1 aromatic heterocycles. The number of ether oxygens (including phenoxy) is 2. The summed E-state index contributed by atoms with van der Waals surface area (Å²) >= 11 is 0. The van der Waals surface area contributed by atoms with Gasteiger partial charge >= 0.3 is 12.0 Å². The largest absolute Gasteiger partial charge is 0.497 e. The number of anilines is 2. The highest BCUT2D eigenvalue weighted by Crippen LogP contribution is 2.24. The lowest BCUT2D eigenvalue weighted by molar-refractivity contribution is 0.0523. The highest BCUT2D eigenvalue weighted by molar-refractivity contribution is 7.84. The van der Waals surface area contributed by atoms with Gasteiger partial charge in [-0.2, -0.15) is 9.78 Å². The third-order valence-corrected chi connectivity index (χ3v) is 5.57. The molecule has 0 aliphatic carbocycles. The van der Waals surface area contributed by atoms with Crippen LogP contribution in [0.2, 0.25) is 0 Å². The Morgan fingerprint density at radius 3 is 2.42 bits per heavy atom. The Balaban J connectivity index is 1.92. The summed E-state index contributed by atoms with van der Waals surface area (Å²) in [6.45, 7) is 1.72. The predicted octanol–water partition coefficient (Wildman–Crippen LogP) is 3.04. The van der Waals surface area contributed by atoms with Crippen LogP contribution in [-0.4, -0.2) is 39.7 Å². The molecule has 3 rings (SSSR count). The standard InChI is InChI=1S/C21H22N4O5S/c1-3-30-20(26)17-18(22)25(21(27)23-15-9-11-16(29-2)12-10-15)24-19(17)31(28)13-14-7-5-4-6-8-14/h4-12H,3,13,22H2,1-2H3,(H,23,27). The molecule has 1 unspecified atom stereocenters. The number of nitrogens with two attached hydrogens (primary N) is 1. The molecule has 0 saturated heterocycles. The van der Waals surface area contributed by atoms with Crippen LogP contribution in [0.5, 0.6) is 5.75 Å². The van der Waals surface area contributed by atoms with Crippen molar-refractivity contribution < 1.29 is 23.3 Å². The van der Waals surface area contributed by atoms with Gasteiger partial charge in [0.1, 0.15) is 17.1 Å². The van der Waals surface area contributed by atoms with Crippen LogP contribution in [0.3, 0.4) is 0 Å². The smallest absolute Gasteiger partial charge is 0.348 e. The van der Waals surface area contributed by atoms with E-state index in [-0.39, 0.29) is 28.8 Å². The number of nitrogens with one attached hydrogen (secondary N) is 1. The summed E-state index contributed by atoms with van der Waals surface area (Å²) in [4.78, 5) is 25.2. The van der Waals surface area contributed by atoms with Crippen molar-refractivity contribution in [2.75, 3.05) is 24.8 Å². The Morgan fingerprint density at radius 2 is 1.81 bits per heavy atom. The van der Waals surface area contributed by atoms with Gasteiger partial charge in [-0.15, -0.1) is 0 Å². The second kappa shape index (κ2) is 9.90. The minimum atomic E-state index is -1.74. The lowest BCUT2D eigenvalue weighted by Crippen LogP contribution is -2.23. The van der Waals surface area contributed by atoms with Crippen LogP contribution in [-0.2, 0) is 21.3 Å². The topological polar surface area (TPSA) is 126 Å². The third kappa shape index (κ3) is 5.10. The van der Waals surface area contributed by atoms with E-state index in [1.807, 2.05) is 18.2 Å². The average molecular weight is 442 g/mol. The Bertz CT molecular complexity index is 1100. The number of hydrogen-bond acceptors (Lipinski definition) is 7. The minimum Gasteiger partial charge on any atom is -0.497 e. The number of nitrogen functional groups attached to an aromatic ring is 1. The van der Waals surface area contributed by atoms with Gasteiger partial charge in [0.25, 0.3) is 0 Å². The number of methoxy groups -OCH3 is 1. The van der Waals surface area contributed by atoms with Crippen molar-refractivity contribution in [3.05, 3.63) is 65.7 Å². The molecule has 10 heteroatoms. The maximum Gasteiger partial charge on any atom is 0.348 e. The van der Waals surface area contributed by atoms with E-state index >= 15 is 0 Å². The summed E-state index contributed by atoms with van der Waals surface area (Å²) in [5.74, 6) is -0.315. The average Bonchev–Trinajstić information content (AvgIpc) is 3.12. The molecule has 9 nitrogen and oxygen atoms in total. The molecule has 162 valence electrons. The van der Waals surface area contributed by atoms with Crippen LogP contribution in [0.25, 0.3) is 0 Å². The first-order chi connectivity index (χ1) is 14.9. The molecule has 0 radical (unpaired) electrons. The maximum absolute atomic E-state index is 13.0. The van der Waals surface area contributed by atoms with Gasteiger partial charge in [0.05, 0.1) is 30.3 Å². The molecule has 0 bridgehead atoms. The van der Waals surface area contributed by atoms with Crippen LogP contribution < -0.4 is 15.8 Å². The van der Waals surface area contributed by atoms with Crippen LogP contribution in [0.4, 0.5) is 16.3 Å². The van der Waals surface area contributed by atoms with Crippen molar-refractivity contribution in [3.8, 4) is 5.75 Å². The van der Waals surface area contributed by atoms with Gasteiger partial charge in [0.2, 0.25) is 0 Å². The molecule has 3 aromatic rings. The predicted molar refractivity (Wildman–Crippen MR) is 117 cm³/mol. The van der Waals surface area contributed by atoms with Gasteiger partial charge in [0.15, 0.2) is 5.03 Å². The summed E-state index contributed by atoms with van der Waals surface area (Å²) in [6, 6.07) is 15.0. The molecule has 0 aliphatic heterocycles. The lowest BCUT2D eigenvalue weighted by Gasteiger charge is -2.07. The fourth-order valence-electron chi connectivity index (χ4n) is 2.76. The second-order valence-electron chi connectivity index (χ2n) is 6.33. The number of nitrogens with zero attached hydrogens (tertiary/aromatic N) is 2. The number of benzene rings is 2. The summed E-state index contributed by atoms with van der Waals surface area (Å²) in [5.41, 5.74) is 7.12. The minimum absolute atomic E-state index is 0.0895. The maximum atomic E-state index is 13.0. The van der Waals surface area contributed by atoms with Gasteiger partial charge in [-0.05, 0) is 36.8 Å². The Hall–Kier alpha value is -3.66. The van der Waals surface area contributed by atoms with Crippen molar-refractivity contribution >= 4 is 34.3 Å². The summed E-state index contributed by atoms with van der Waals surface area (Å²) in [6.07, 6.45) is 0. The SMILES string of the molecule is CCOC(=O)c1c(S(=O)Cc2ccccc2)nn(C(=O)Nc2ccc(OC)cc2)c1N. The molecule has 1 atom stereocenters. The van der Waals surface area contributed by atoms with Crippen LogP contribution in [0, 0.1) is 0 Å². The number of amides is 1. The first-order valence-electron chi connectivity index (χ1n) is 9.38. The zero-order valence-electron chi connectivity index (χ0n) is 17.0. The fraction of sp³-hybridized carbons (Fsp3) is 0.190. The van der Waals surface area contributed by atoms with Crippen molar-refractivity contribution in [2.45, 2.75) is 17.7 Å². The van der Waals surface area contributed by atoms with E-state index in [0.29, 0.717) is 11.4 Å². The van der Waals surface area contributed by atoms with E-state index in [4.69, 9.17) is 15.2 Å². The Kier molecular flexibility index (Phi) is 7.03. The summed E-state index contributed by atoms with van der Waals surface area (Å²) in [7, 11) is -0.202. The molecule has 0 saturated carbocycles. The highest BCUT2D eigenvalue weighted by Gasteiger charge is 2.29. The Morgan fingerprint density at radius 1 is 1.13 bits per heavy atom. The van der Waals surface area contributed by atoms with Crippen LogP contribution >= 0.6 is 0 Å². The molecular weight excluding hydrogens is 420 g/mol. The van der Waals surface area contributed by atoms with E-state index in [2.05, 4.69) is 10.4 Å². The Labute approximate surface area is 181 Å². The molecule has 0 spiro atoms. The van der Waals surface area contributed by atoms with Crippen molar-refractivity contribution in [1.29, 1.82) is 0 Å². The van der Waals surface area contributed by atoms with Gasteiger partial charge in [-0.25, -0.2) is 9.59 Å². The molecule has 0 fully saturated rings. The van der Waals surface area contributed by atoms with Gasteiger partial charge in [0, 0.05) is 5.69 Å². The molecule has 1 amide bonds. The zero-order chi connectivity index (χ0) is 22.4. The summed E-state index contributed by atoms with van der Waals surface area (Å²) in [5, 5.41) is 6.61. The first kappa shape index (κ1) is 22.0. The van der Waals surface area contributed by atoms with E-state index < -0.39 is 22.8 Å². The van der Waals surface area contributed by atoms with Crippen molar-refractivity contribution in [3.63, 3.8) is 0 Å². The van der Waals surface area contributed by atoms with Gasteiger partial charge in [-0.3, -0.25) is 4.21 Å². The normalized spacial score (nSPS) is 11.5. The number of hydrogen-bond donors (Lipinski definition) is 2. The van der Waals surface area contributed by atoms with Crippen molar-refractivity contribution in [2.24, 2.45) is 0 Å². The molecule has 3 N–H and O–H groups in total. The number of aromatic nitrogens is 2. The number of carbonyl (C=O) groups is 2. The van der Waals surface area contributed by atoms with E-state index in [9.17, 15) is 13.8 Å². The second-order valence-corrected chi connectivity index (χ2v) is 7.70. The third-order valence-electron chi connectivity index (χ3n) is 4.26. The zero-order valence-corrected chi connectivity index (χ0v) is 17.8. The quantitative estimate of drug-likeness (QED) is 0.539. The highest BCUT2D eigenvalue weighted by atomic mass is 32.2. The fourth-order valence-corrected chi connectivity index (χ4v) is 3.98. The monoisotopic (exact) mass is 442 g/mol. The summed E-state index contributed by atoms with van der Waals surface area (Å²) < 4.78 is 23.9. The number of esters is 1. The number of rotatable bonds is 7. The molecule has 0 aliphatic rings. The van der Waals surface area contributed by atoms with Crippen molar-refractivity contribution in [1.82, 2.24) is 9.78 Å². The van der Waals surface area contributed by atoms with Crippen LogP contribution in [0.15, 0.2) is 59.6 Å². The first-order valence-corrected chi connectivity index (χ1v) is 10.7. The molecule has 1 heterocycles. The van der Waals surface area contributed by atoms with E-state index in [1.165, 1.54) is 7.11 Å². The van der Waals surface area contributed by atoms with Gasteiger partial charge in [-0.1, -0.05) is 30.3 Å². The van der Waals surface area contributed by atoms with E-state index in [0.717, 1.165) is 10.2 Å². The molecule has 31 heavy (non-hydrogen) atoms. The van der Waals surface area contributed by atoms with Crippen LogP contribution in [0.1, 0.15) is 22.8 Å². The van der Waals surface area contributed by atoms with Gasteiger partial charge < -0.3 is 20.5 Å². The lowest BCUT2D eigenvalue weighted by atomic mass is 10.2. The molecular formula is C21H22N4O5S.